The number of halogens is 1. The molecule has 2 aliphatic rings. The van der Waals surface area contributed by atoms with Gasteiger partial charge >= 0.3 is 0 Å². The van der Waals surface area contributed by atoms with Crippen LogP contribution >= 0.6 is 0 Å². The van der Waals surface area contributed by atoms with Gasteiger partial charge in [-0.2, -0.15) is 0 Å². The molecule has 23 heavy (non-hydrogen) atoms. The first-order chi connectivity index (χ1) is 11.0. The number of carbonyl (C=O) groups excluding carboxylic acids is 2. The van der Waals surface area contributed by atoms with Crippen molar-refractivity contribution in [2.24, 2.45) is 5.92 Å². The molecule has 0 bridgehead atoms. The Labute approximate surface area is 136 Å². The molecule has 0 saturated carbocycles. The zero-order valence-corrected chi connectivity index (χ0v) is 13.7. The Kier molecular flexibility index (Phi) is 4.37. The summed E-state index contributed by atoms with van der Waals surface area (Å²) in [5.41, 5.74) is 1.24. The van der Waals surface area contributed by atoms with Crippen LogP contribution in [0.15, 0.2) is 18.2 Å². The summed E-state index contributed by atoms with van der Waals surface area (Å²) in [6.45, 7) is 5.61. The van der Waals surface area contributed by atoms with Crippen LogP contribution < -0.4 is 0 Å². The van der Waals surface area contributed by atoms with E-state index >= 15 is 0 Å². The number of aryl methyl sites for hydroxylation is 1. The number of amides is 2. The predicted octanol–water partition coefficient (Wildman–Crippen LogP) is 2.61. The molecule has 4 nitrogen and oxygen atoms in total. The molecule has 3 rings (SSSR count). The minimum Gasteiger partial charge on any atom is -0.340 e. The standard InChI is InChI=1S/C18H23FN2O2/c1-12-5-6-15(19)10-16(12)18(23)20-9-7-14(11-20)17-4-3-8-21(17)13(2)22/h5-6,10,14,17H,3-4,7-9,11H2,1-2H3. The number of hydrogen-bond acceptors (Lipinski definition) is 2. The van der Waals surface area contributed by atoms with Gasteiger partial charge in [0.05, 0.1) is 0 Å². The van der Waals surface area contributed by atoms with Crippen molar-refractivity contribution in [3.05, 3.63) is 35.1 Å². The number of rotatable bonds is 2. The smallest absolute Gasteiger partial charge is 0.254 e. The Morgan fingerprint density at radius 1 is 1.22 bits per heavy atom. The molecule has 1 aromatic rings. The zero-order valence-electron chi connectivity index (χ0n) is 13.7. The van der Waals surface area contributed by atoms with Crippen LogP contribution in [-0.2, 0) is 4.79 Å². The molecule has 2 saturated heterocycles. The Morgan fingerprint density at radius 3 is 2.74 bits per heavy atom. The Balaban J connectivity index is 1.71. The lowest BCUT2D eigenvalue weighted by atomic mass is 9.96. The number of benzene rings is 1. The molecule has 1 aromatic carbocycles. The number of nitrogens with zero attached hydrogens (tertiary/aromatic N) is 2. The maximum absolute atomic E-state index is 13.4. The van der Waals surface area contributed by atoms with E-state index in [2.05, 4.69) is 0 Å². The molecule has 5 heteroatoms. The molecule has 0 spiro atoms. The quantitative estimate of drug-likeness (QED) is 0.841. The van der Waals surface area contributed by atoms with Gasteiger partial charge in [0, 0.05) is 38.2 Å². The Morgan fingerprint density at radius 2 is 2.00 bits per heavy atom. The molecule has 0 N–H and O–H groups in total. The van der Waals surface area contributed by atoms with E-state index in [-0.39, 0.29) is 23.7 Å². The summed E-state index contributed by atoms with van der Waals surface area (Å²) in [5.74, 6) is -0.0254. The molecule has 2 atom stereocenters. The topological polar surface area (TPSA) is 40.6 Å². The van der Waals surface area contributed by atoms with E-state index in [0.29, 0.717) is 24.6 Å². The van der Waals surface area contributed by atoms with Gasteiger partial charge in [0.25, 0.3) is 5.91 Å². The highest BCUT2D eigenvalue weighted by Gasteiger charge is 2.38. The third kappa shape index (κ3) is 3.09. The maximum Gasteiger partial charge on any atom is 0.254 e. The second-order valence-corrected chi connectivity index (χ2v) is 6.68. The molecular weight excluding hydrogens is 295 g/mol. The minimum atomic E-state index is -0.381. The van der Waals surface area contributed by atoms with E-state index in [9.17, 15) is 14.0 Å². The predicted molar refractivity (Wildman–Crippen MR) is 85.6 cm³/mol. The Hall–Kier alpha value is -1.91. The first-order valence-electron chi connectivity index (χ1n) is 8.30. The molecule has 124 valence electrons. The summed E-state index contributed by atoms with van der Waals surface area (Å²) in [4.78, 5) is 28.2. The number of carbonyl (C=O) groups is 2. The fourth-order valence-electron chi connectivity index (χ4n) is 3.95. The Bertz CT molecular complexity index is 631. The summed E-state index contributed by atoms with van der Waals surface area (Å²) in [7, 11) is 0. The van der Waals surface area contributed by atoms with Crippen molar-refractivity contribution >= 4 is 11.8 Å². The van der Waals surface area contributed by atoms with E-state index < -0.39 is 0 Å². The largest absolute Gasteiger partial charge is 0.340 e. The van der Waals surface area contributed by atoms with Crippen molar-refractivity contribution in [2.75, 3.05) is 19.6 Å². The fourth-order valence-corrected chi connectivity index (χ4v) is 3.95. The van der Waals surface area contributed by atoms with Crippen molar-refractivity contribution < 1.29 is 14.0 Å². The van der Waals surface area contributed by atoms with Crippen LogP contribution in [0, 0.1) is 18.7 Å². The molecule has 0 aromatic heterocycles. The molecule has 2 aliphatic heterocycles. The van der Waals surface area contributed by atoms with Gasteiger partial charge in [-0.3, -0.25) is 9.59 Å². The maximum atomic E-state index is 13.4. The highest BCUT2D eigenvalue weighted by Crippen LogP contribution is 2.31. The van der Waals surface area contributed by atoms with E-state index in [1.807, 2.05) is 16.7 Å². The van der Waals surface area contributed by atoms with Crippen molar-refractivity contribution in [1.82, 2.24) is 9.80 Å². The molecule has 2 heterocycles. The lowest BCUT2D eigenvalue weighted by molar-refractivity contribution is -0.130. The van der Waals surface area contributed by atoms with E-state index in [0.717, 1.165) is 31.4 Å². The molecule has 2 unspecified atom stereocenters. The van der Waals surface area contributed by atoms with Crippen LogP contribution in [0.25, 0.3) is 0 Å². The summed E-state index contributed by atoms with van der Waals surface area (Å²) in [6, 6.07) is 4.59. The lowest BCUT2D eigenvalue weighted by Crippen LogP contribution is -2.40. The number of likely N-dealkylation sites (tertiary alicyclic amines) is 2. The summed E-state index contributed by atoms with van der Waals surface area (Å²) in [5, 5.41) is 0. The van der Waals surface area contributed by atoms with Gasteiger partial charge in [-0.1, -0.05) is 6.07 Å². The van der Waals surface area contributed by atoms with Gasteiger partial charge in [0.1, 0.15) is 5.82 Å². The van der Waals surface area contributed by atoms with Crippen LogP contribution in [0.2, 0.25) is 0 Å². The second-order valence-electron chi connectivity index (χ2n) is 6.68. The van der Waals surface area contributed by atoms with Crippen molar-refractivity contribution in [3.63, 3.8) is 0 Å². The lowest BCUT2D eigenvalue weighted by Gasteiger charge is -2.28. The molecular formula is C18H23FN2O2. The molecule has 0 aliphatic carbocycles. The van der Waals surface area contributed by atoms with Crippen molar-refractivity contribution in [3.8, 4) is 0 Å². The first kappa shape index (κ1) is 16.0. The average molecular weight is 318 g/mol. The normalized spacial score (nSPS) is 24.3. The summed E-state index contributed by atoms with van der Waals surface area (Å²) < 4.78 is 13.4. The highest BCUT2D eigenvalue weighted by molar-refractivity contribution is 5.95. The van der Waals surface area contributed by atoms with Crippen LogP contribution in [0.5, 0.6) is 0 Å². The van der Waals surface area contributed by atoms with E-state index in [1.54, 1.807) is 13.0 Å². The van der Waals surface area contributed by atoms with Gasteiger partial charge in [-0.15, -0.1) is 0 Å². The minimum absolute atomic E-state index is 0.100. The van der Waals surface area contributed by atoms with Crippen LogP contribution in [0.3, 0.4) is 0 Å². The van der Waals surface area contributed by atoms with Gasteiger partial charge in [-0.25, -0.2) is 4.39 Å². The molecule has 2 fully saturated rings. The zero-order chi connectivity index (χ0) is 16.6. The van der Waals surface area contributed by atoms with Gasteiger partial charge in [0.2, 0.25) is 5.91 Å². The number of hydrogen-bond donors (Lipinski definition) is 0. The third-order valence-corrected chi connectivity index (χ3v) is 5.19. The van der Waals surface area contributed by atoms with Gasteiger partial charge in [0.15, 0.2) is 0 Å². The SMILES string of the molecule is CC(=O)N1CCCC1C1CCN(C(=O)c2cc(F)ccc2C)C1. The van der Waals surface area contributed by atoms with Crippen molar-refractivity contribution in [1.29, 1.82) is 0 Å². The van der Waals surface area contributed by atoms with Crippen LogP contribution in [-0.4, -0.2) is 47.3 Å². The van der Waals surface area contributed by atoms with Gasteiger partial charge < -0.3 is 9.80 Å². The summed E-state index contributed by atoms with van der Waals surface area (Å²) in [6.07, 6.45) is 2.97. The van der Waals surface area contributed by atoms with E-state index in [1.165, 1.54) is 12.1 Å². The highest BCUT2D eigenvalue weighted by atomic mass is 19.1. The second kappa shape index (κ2) is 6.30. The summed E-state index contributed by atoms with van der Waals surface area (Å²) >= 11 is 0. The van der Waals surface area contributed by atoms with Gasteiger partial charge in [-0.05, 0) is 49.8 Å². The first-order valence-corrected chi connectivity index (χ1v) is 8.30. The van der Waals surface area contributed by atoms with Crippen LogP contribution in [0.4, 0.5) is 4.39 Å². The monoisotopic (exact) mass is 318 g/mol. The third-order valence-electron chi connectivity index (χ3n) is 5.19. The molecule has 0 radical (unpaired) electrons. The van der Waals surface area contributed by atoms with Crippen molar-refractivity contribution in [2.45, 2.75) is 39.2 Å². The fraction of sp³-hybridized carbons (Fsp3) is 0.556. The molecule has 2 amide bonds. The van der Waals surface area contributed by atoms with E-state index in [4.69, 9.17) is 0 Å². The van der Waals surface area contributed by atoms with Crippen LogP contribution in [0.1, 0.15) is 42.1 Å². The average Bonchev–Trinajstić information content (AvgIpc) is 3.16.